The molecule has 1 heterocycles. The molecule has 0 unspecified atom stereocenters. The molecule has 146 valence electrons. The number of fused-ring (bicyclic) bond motifs is 1. The molecule has 29 heavy (non-hydrogen) atoms. The molecule has 3 nitrogen and oxygen atoms in total. The first kappa shape index (κ1) is 18.0. The van der Waals surface area contributed by atoms with Crippen LogP contribution in [0.5, 0.6) is 0 Å². The maximum absolute atomic E-state index is 4.89. The summed E-state index contributed by atoms with van der Waals surface area (Å²) in [4.78, 5) is 7.49. The number of rotatable bonds is 6. The Balaban J connectivity index is 1.74. The summed E-state index contributed by atoms with van der Waals surface area (Å²) in [7, 11) is 0. The molecule has 1 fully saturated rings. The lowest BCUT2D eigenvalue weighted by molar-refractivity contribution is 0.608. The lowest BCUT2D eigenvalue weighted by Crippen LogP contribution is -2.30. The van der Waals surface area contributed by atoms with Gasteiger partial charge in [-0.3, -0.25) is 4.57 Å². The van der Waals surface area contributed by atoms with Gasteiger partial charge in [0.25, 0.3) is 0 Å². The van der Waals surface area contributed by atoms with Crippen LogP contribution in [0.25, 0.3) is 27.8 Å². The van der Waals surface area contributed by atoms with Crippen molar-refractivity contribution in [2.75, 3.05) is 11.4 Å². The van der Waals surface area contributed by atoms with E-state index in [0.717, 1.165) is 17.7 Å². The van der Waals surface area contributed by atoms with Crippen LogP contribution in [0.4, 0.5) is 5.69 Å². The second-order valence-corrected chi connectivity index (χ2v) is 8.46. The molecule has 0 amide bonds. The van der Waals surface area contributed by atoms with Crippen LogP contribution in [0.3, 0.4) is 0 Å². The fourth-order valence-electron chi connectivity index (χ4n) is 4.13. The Morgan fingerprint density at radius 2 is 1.62 bits per heavy atom. The first-order valence-corrected chi connectivity index (χ1v) is 10.6. The molecule has 1 aromatic heterocycles. The maximum atomic E-state index is 4.89. The fourth-order valence-corrected chi connectivity index (χ4v) is 4.13. The zero-order chi connectivity index (χ0) is 19.8. The third-order valence-corrected chi connectivity index (χ3v) is 5.63. The predicted molar refractivity (Wildman–Crippen MR) is 122 cm³/mol. The van der Waals surface area contributed by atoms with Crippen LogP contribution in [0.15, 0.2) is 79.1 Å². The van der Waals surface area contributed by atoms with E-state index < -0.39 is 0 Å². The zero-order valence-corrected chi connectivity index (χ0v) is 17.1. The Morgan fingerprint density at radius 3 is 2.28 bits per heavy atom. The second-order valence-electron chi connectivity index (χ2n) is 8.46. The van der Waals surface area contributed by atoms with Crippen molar-refractivity contribution in [1.29, 1.82) is 0 Å². The van der Waals surface area contributed by atoms with E-state index >= 15 is 0 Å². The largest absolute Gasteiger partial charge is 0.366 e. The van der Waals surface area contributed by atoms with E-state index in [1.807, 2.05) is 6.33 Å². The molecule has 1 aliphatic rings. The van der Waals surface area contributed by atoms with Gasteiger partial charge in [-0.25, -0.2) is 4.98 Å². The van der Waals surface area contributed by atoms with Crippen LogP contribution < -0.4 is 4.90 Å². The average molecular weight is 382 g/mol. The summed E-state index contributed by atoms with van der Waals surface area (Å²) in [6.07, 6.45) is 4.53. The van der Waals surface area contributed by atoms with Crippen molar-refractivity contribution < 1.29 is 0 Å². The highest BCUT2D eigenvalue weighted by Crippen LogP contribution is 2.39. The van der Waals surface area contributed by atoms with Gasteiger partial charge in [-0.05, 0) is 54.2 Å². The molecular weight excluding hydrogens is 354 g/mol. The van der Waals surface area contributed by atoms with Crippen LogP contribution in [0.1, 0.15) is 26.7 Å². The van der Waals surface area contributed by atoms with Crippen molar-refractivity contribution in [2.24, 2.45) is 5.92 Å². The second kappa shape index (κ2) is 7.40. The summed E-state index contributed by atoms with van der Waals surface area (Å²) in [5, 5.41) is 0. The minimum Gasteiger partial charge on any atom is -0.366 e. The maximum Gasteiger partial charge on any atom is 0.112 e. The molecule has 5 rings (SSSR count). The third kappa shape index (κ3) is 3.53. The standard InChI is InChI=1S/C26H27N3/c1-19(2)17-28(23-13-14-23)24-15-21(20-9-5-3-6-10-20)16-25-26(24)27-18-29(25)22-11-7-4-8-12-22/h3-12,15-16,18-19,23H,13-14,17H2,1-2H3. The van der Waals surface area contributed by atoms with E-state index in [-0.39, 0.29) is 0 Å². The smallest absolute Gasteiger partial charge is 0.112 e. The van der Waals surface area contributed by atoms with Crippen molar-refractivity contribution in [3.05, 3.63) is 79.1 Å². The van der Waals surface area contributed by atoms with Gasteiger partial charge in [0.1, 0.15) is 11.8 Å². The number of benzene rings is 3. The van der Waals surface area contributed by atoms with Gasteiger partial charge in [0, 0.05) is 18.3 Å². The lowest BCUT2D eigenvalue weighted by atomic mass is 10.0. The van der Waals surface area contributed by atoms with Gasteiger partial charge in [-0.1, -0.05) is 62.4 Å². The van der Waals surface area contributed by atoms with Crippen molar-refractivity contribution in [1.82, 2.24) is 9.55 Å². The summed E-state index contributed by atoms with van der Waals surface area (Å²) in [5.41, 5.74) is 7.18. The quantitative estimate of drug-likeness (QED) is 0.390. The Morgan fingerprint density at radius 1 is 0.931 bits per heavy atom. The Bertz CT molecular complexity index is 1110. The highest BCUT2D eigenvalue weighted by Gasteiger charge is 2.31. The minimum atomic E-state index is 0.613. The zero-order valence-electron chi connectivity index (χ0n) is 17.1. The summed E-state index contributed by atoms with van der Waals surface area (Å²) in [5.74, 6) is 0.613. The Hall–Kier alpha value is -3.07. The van der Waals surface area contributed by atoms with Gasteiger partial charge in [-0.15, -0.1) is 0 Å². The average Bonchev–Trinajstić information content (AvgIpc) is 3.51. The van der Waals surface area contributed by atoms with Gasteiger partial charge in [0.2, 0.25) is 0 Å². The van der Waals surface area contributed by atoms with Crippen LogP contribution in [-0.2, 0) is 0 Å². The molecule has 4 aromatic rings. The summed E-state index contributed by atoms with van der Waals surface area (Å²) in [6, 6.07) is 26.5. The van der Waals surface area contributed by atoms with Crippen molar-refractivity contribution in [2.45, 2.75) is 32.7 Å². The van der Waals surface area contributed by atoms with E-state index in [4.69, 9.17) is 4.98 Å². The van der Waals surface area contributed by atoms with E-state index in [9.17, 15) is 0 Å². The first-order chi connectivity index (χ1) is 14.2. The molecule has 0 saturated heterocycles. The molecule has 1 aliphatic carbocycles. The number of imidazole rings is 1. The first-order valence-electron chi connectivity index (χ1n) is 10.6. The third-order valence-electron chi connectivity index (χ3n) is 5.63. The Labute approximate surface area is 172 Å². The molecule has 0 bridgehead atoms. The van der Waals surface area contributed by atoms with E-state index in [0.29, 0.717) is 12.0 Å². The SMILES string of the molecule is CC(C)CN(c1cc(-c2ccccc2)cc2c1ncn2-c1ccccc1)C1CC1. The van der Waals surface area contributed by atoms with Crippen LogP contribution in [-0.4, -0.2) is 22.1 Å². The van der Waals surface area contributed by atoms with Crippen molar-refractivity contribution in [3.63, 3.8) is 0 Å². The molecule has 0 radical (unpaired) electrons. The number of aromatic nitrogens is 2. The van der Waals surface area contributed by atoms with Crippen LogP contribution in [0.2, 0.25) is 0 Å². The minimum absolute atomic E-state index is 0.613. The van der Waals surface area contributed by atoms with Crippen LogP contribution in [0, 0.1) is 5.92 Å². The number of anilines is 1. The lowest BCUT2D eigenvalue weighted by Gasteiger charge is -2.27. The highest BCUT2D eigenvalue weighted by atomic mass is 15.2. The van der Waals surface area contributed by atoms with Gasteiger partial charge in [-0.2, -0.15) is 0 Å². The molecule has 3 aromatic carbocycles. The highest BCUT2D eigenvalue weighted by molar-refractivity contribution is 5.95. The number of hydrogen-bond donors (Lipinski definition) is 0. The molecule has 0 aliphatic heterocycles. The van der Waals surface area contributed by atoms with Gasteiger partial charge >= 0.3 is 0 Å². The van der Waals surface area contributed by atoms with Gasteiger partial charge in [0.15, 0.2) is 0 Å². The molecule has 3 heteroatoms. The number of para-hydroxylation sites is 1. The van der Waals surface area contributed by atoms with Crippen LogP contribution >= 0.6 is 0 Å². The van der Waals surface area contributed by atoms with E-state index in [2.05, 4.69) is 96.1 Å². The predicted octanol–water partition coefficient (Wildman–Crippen LogP) is 6.32. The summed E-state index contributed by atoms with van der Waals surface area (Å²) in [6.45, 7) is 5.67. The van der Waals surface area contributed by atoms with Gasteiger partial charge in [0.05, 0.1) is 11.2 Å². The fraction of sp³-hybridized carbons (Fsp3) is 0.269. The summed E-state index contributed by atoms with van der Waals surface area (Å²) < 4.78 is 2.21. The van der Waals surface area contributed by atoms with Crippen molar-refractivity contribution >= 4 is 16.7 Å². The monoisotopic (exact) mass is 381 g/mol. The van der Waals surface area contributed by atoms with E-state index in [1.54, 1.807) is 0 Å². The Kier molecular flexibility index (Phi) is 4.59. The van der Waals surface area contributed by atoms with Gasteiger partial charge < -0.3 is 4.90 Å². The normalized spacial score (nSPS) is 13.9. The molecular formula is C26H27N3. The number of nitrogens with zero attached hydrogens (tertiary/aromatic N) is 3. The topological polar surface area (TPSA) is 21.1 Å². The van der Waals surface area contributed by atoms with Crippen molar-refractivity contribution in [3.8, 4) is 16.8 Å². The molecule has 0 spiro atoms. The summed E-state index contributed by atoms with van der Waals surface area (Å²) >= 11 is 0. The number of hydrogen-bond acceptors (Lipinski definition) is 2. The molecule has 0 atom stereocenters. The molecule has 1 saturated carbocycles. The molecule has 0 N–H and O–H groups in total. The van der Waals surface area contributed by atoms with E-state index in [1.165, 1.54) is 35.2 Å².